The average molecular weight is 441 g/mol. The molecule has 1 aromatic rings. The molecule has 1 aliphatic heterocycles. The molecule has 4 N–H and O–H groups in total. The number of aryl methyl sites for hydroxylation is 2. The summed E-state index contributed by atoms with van der Waals surface area (Å²) in [6, 6.07) is 1.75. The summed E-state index contributed by atoms with van der Waals surface area (Å²) in [5.74, 6) is 0.929. The van der Waals surface area contributed by atoms with Crippen LogP contribution in [0.25, 0.3) is 0 Å². The minimum absolute atomic E-state index is 0.0611. The van der Waals surface area contributed by atoms with Crippen LogP contribution in [0.1, 0.15) is 48.4 Å². The van der Waals surface area contributed by atoms with Gasteiger partial charge < -0.3 is 10.2 Å². The van der Waals surface area contributed by atoms with Crippen molar-refractivity contribution in [2.24, 2.45) is 4.99 Å². The number of allylic oxidation sites excluding steroid dienone is 2. The van der Waals surface area contributed by atoms with Crippen LogP contribution in [0.2, 0.25) is 0 Å². The van der Waals surface area contributed by atoms with E-state index in [1.165, 1.54) is 22.3 Å². The first-order valence-corrected chi connectivity index (χ1v) is 12.4. The fourth-order valence-electron chi connectivity index (χ4n) is 5.14. The monoisotopic (exact) mass is 440 g/mol. The number of benzene rings is 1. The van der Waals surface area contributed by atoms with Gasteiger partial charge in [-0.25, -0.2) is 23.5 Å². The van der Waals surface area contributed by atoms with Gasteiger partial charge in [-0.2, -0.15) is 0 Å². The van der Waals surface area contributed by atoms with Gasteiger partial charge >= 0.3 is 6.03 Å². The summed E-state index contributed by atoms with van der Waals surface area (Å²) < 4.78 is 26.1. The van der Waals surface area contributed by atoms with Crippen molar-refractivity contribution < 1.29 is 9.00 Å². The van der Waals surface area contributed by atoms with E-state index in [9.17, 15) is 9.00 Å². The molecule has 5 rings (SSSR count). The third-order valence-electron chi connectivity index (χ3n) is 6.70. The molecule has 1 heterocycles. The number of carbonyl (C=O) groups is 1. The summed E-state index contributed by atoms with van der Waals surface area (Å²) in [5.41, 5.74) is 7.51. The molecule has 0 saturated heterocycles. The van der Waals surface area contributed by atoms with Gasteiger partial charge in [0.1, 0.15) is 5.84 Å². The van der Waals surface area contributed by atoms with Crippen LogP contribution in [0, 0.1) is 4.78 Å². The zero-order chi connectivity index (χ0) is 21.8. The summed E-state index contributed by atoms with van der Waals surface area (Å²) in [6.45, 7) is 1.95. The first-order chi connectivity index (χ1) is 14.8. The maximum Gasteiger partial charge on any atom is 0.333 e. The summed E-state index contributed by atoms with van der Waals surface area (Å²) in [4.78, 5) is 19.3. The third-order valence-corrected chi connectivity index (χ3v) is 7.72. The van der Waals surface area contributed by atoms with Crippen LogP contribution in [0.3, 0.4) is 0 Å². The molecule has 9 heteroatoms. The molecule has 3 aliphatic carbocycles. The van der Waals surface area contributed by atoms with Crippen LogP contribution in [0.5, 0.6) is 0 Å². The number of carbonyl (C=O) groups excluding carboxylic acids is 1. The molecule has 0 bridgehead atoms. The molecule has 4 aliphatic rings. The lowest BCUT2D eigenvalue weighted by atomic mass is 9.99. The van der Waals surface area contributed by atoms with E-state index in [-0.39, 0.29) is 6.04 Å². The minimum atomic E-state index is -3.55. The molecule has 0 fully saturated rings. The lowest BCUT2D eigenvalue weighted by Crippen LogP contribution is -2.43. The van der Waals surface area contributed by atoms with Crippen molar-refractivity contribution in [2.75, 3.05) is 12.4 Å². The van der Waals surface area contributed by atoms with E-state index in [0.717, 1.165) is 55.7 Å². The highest BCUT2D eigenvalue weighted by molar-refractivity contribution is 7.89. The van der Waals surface area contributed by atoms with E-state index >= 15 is 0 Å². The number of fused-ring (bicyclic) bond motifs is 3. The van der Waals surface area contributed by atoms with Crippen LogP contribution < -0.4 is 14.8 Å². The smallest absolute Gasteiger partial charge is 0.333 e. The van der Waals surface area contributed by atoms with E-state index in [1.54, 1.807) is 6.08 Å². The maximum atomic E-state index is 12.8. The maximum absolute atomic E-state index is 12.8. The first kappa shape index (κ1) is 20.1. The van der Waals surface area contributed by atoms with Gasteiger partial charge in [-0.05, 0) is 79.9 Å². The zero-order valence-electron chi connectivity index (χ0n) is 17.9. The Kier molecular flexibility index (Phi) is 4.80. The molecule has 0 radical (unpaired) electrons. The van der Waals surface area contributed by atoms with E-state index < -0.39 is 16.1 Å². The van der Waals surface area contributed by atoms with Gasteiger partial charge in [0, 0.05) is 24.9 Å². The van der Waals surface area contributed by atoms with Gasteiger partial charge in [-0.15, -0.1) is 0 Å². The van der Waals surface area contributed by atoms with Gasteiger partial charge in [0.25, 0.3) is 0 Å². The van der Waals surface area contributed by atoms with Crippen molar-refractivity contribution in [1.29, 1.82) is 4.78 Å². The number of anilines is 1. The SMILES string of the molecule is CC1=NC2=CC=C(NS(=N)(=O)NC(=O)Nc3c4c(cc5c3CCC5)CCC4)CC2N1C. The van der Waals surface area contributed by atoms with Crippen LogP contribution in [0.15, 0.2) is 34.6 Å². The Morgan fingerprint density at radius 2 is 1.84 bits per heavy atom. The number of nitrogens with one attached hydrogen (secondary N) is 4. The van der Waals surface area contributed by atoms with E-state index in [4.69, 9.17) is 4.78 Å². The Balaban J connectivity index is 1.29. The third kappa shape index (κ3) is 3.71. The number of aliphatic imine (C=N–C) groups is 1. The highest BCUT2D eigenvalue weighted by Gasteiger charge is 2.30. The second-order valence-corrected chi connectivity index (χ2v) is 10.2. The fourth-order valence-corrected chi connectivity index (χ4v) is 6.02. The Bertz CT molecular complexity index is 1130. The van der Waals surface area contributed by atoms with Crippen molar-refractivity contribution >= 4 is 27.7 Å². The van der Waals surface area contributed by atoms with Crippen molar-refractivity contribution in [2.45, 2.75) is 57.9 Å². The molecule has 1 aromatic carbocycles. The molecular formula is C22H28N6O2S. The summed E-state index contributed by atoms with van der Waals surface area (Å²) in [6.07, 6.45) is 10.4. The van der Waals surface area contributed by atoms with Gasteiger partial charge in [-0.3, -0.25) is 4.72 Å². The molecule has 2 unspecified atom stereocenters. The topological polar surface area (TPSA) is 110 Å². The molecule has 0 aromatic heterocycles. The molecular weight excluding hydrogens is 412 g/mol. The molecule has 31 heavy (non-hydrogen) atoms. The van der Waals surface area contributed by atoms with Gasteiger partial charge in [0.2, 0.25) is 10.1 Å². The lowest BCUT2D eigenvalue weighted by molar-refractivity contribution is 0.256. The summed E-state index contributed by atoms with van der Waals surface area (Å²) in [5, 5.41) is 2.94. The summed E-state index contributed by atoms with van der Waals surface area (Å²) in [7, 11) is -1.59. The minimum Gasteiger partial charge on any atom is -0.354 e. The number of nitrogens with zero attached hydrogens (tertiary/aromatic N) is 2. The molecule has 2 amide bonds. The fraction of sp³-hybridized carbons (Fsp3) is 0.455. The number of amides is 2. The predicted octanol–water partition coefficient (Wildman–Crippen LogP) is 3.16. The van der Waals surface area contributed by atoms with Crippen LogP contribution in [0.4, 0.5) is 10.5 Å². The van der Waals surface area contributed by atoms with Crippen molar-refractivity contribution in [3.8, 4) is 0 Å². The Morgan fingerprint density at radius 3 is 2.52 bits per heavy atom. The average Bonchev–Trinajstić information content (AvgIpc) is 3.41. The van der Waals surface area contributed by atoms with Crippen LogP contribution >= 0.6 is 0 Å². The lowest BCUT2D eigenvalue weighted by Gasteiger charge is -2.26. The van der Waals surface area contributed by atoms with Gasteiger partial charge in [-0.1, -0.05) is 6.07 Å². The van der Waals surface area contributed by atoms with Crippen molar-refractivity contribution in [3.05, 3.63) is 51.9 Å². The highest BCUT2D eigenvalue weighted by Crippen LogP contribution is 2.38. The number of hydrogen-bond acceptors (Lipinski definition) is 5. The van der Waals surface area contributed by atoms with E-state index in [2.05, 4.69) is 30.7 Å². The van der Waals surface area contributed by atoms with E-state index in [0.29, 0.717) is 12.1 Å². The predicted molar refractivity (Wildman–Crippen MR) is 122 cm³/mol. The van der Waals surface area contributed by atoms with Crippen LogP contribution in [-0.4, -0.2) is 34.1 Å². The van der Waals surface area contributed by atoms with E-state index in [1.807, 2.05) is 20.0 Å². The number of rotatable bonds is 4. The largest absolute Gasteiger partial charge is 0.354 e. The molecule has 0 saturated carbocycles. The number of amidine groups is 1. The normalized spacial score (nSPS) is 23.1. The Labute approximate surface area is 183 Å². The summed E-state index contributed by atoms with van der Waals surface area (Å²) >= 11 is 0. The molecule has 164 valence electrons. The first-order valence-electron chi connectivity index (χ1n) is 10.8. The quantitative estimate of drug-likeness (QED) is 0.577. The number of urea groups is 1. The number of hydrogen-bond donors (Lipinski definition) is 4. The number of likely N-dealkylation sites (N-methyl/N-ethyl adjacent to an activating group) is 1. The molecule has 8 nitrogen and oxygen atoms in total. The standard InChI is InChI=1S/C22H28N6O2S/c1-13-24-19-10-9-16(12-20(19)28(13)2)26-31(23,30)27-22(29)25-21-17-7-3-5-14(17)11-15-6-4-8-18(15)21/h9-11,20H,3-8,12H2,1-2H3,(H4,23,25,26,27,29,30). The van der Waals surface area contributed by atoms with Crippen LogP contribution in [-0.2, 0) is 35.8 Å². The Morgan fingerprint density at radius 1 is 1.16 bits per heavy atom. The van der Waals surface area contributed by atoms with Crippen molar-refractivity contribution in [3.63, 3.8) is 0 Å². The second-order valence-electron chi connectivity index (χ2n) is 8.72. The van der Waals surface area contributed by atoms with Gasteiger partial charge in [0.05, 0.1) is 11.7 Å². The molecule has 0 spiro atoms. The second kappa shape index (κ2) is 7.40. The van der Waals surface area contributed by atoms with Crippen molar-refractivity contribution in [1.82, 2.24) is 14.3 Å². The molecule has 2 atom stereocenters. The zero-order valence-corrected chi connectivity index (χ0v) is 18.7. The highest BCUT2D eigenvalue weighted by atomic mass is 32.2. The Hall–Kier alpha value is -2.81. The van der Waals surface area contributed by atoms with Gasteiger partial charge in [0.15, 0.2) is 0 Å².